The topological polar surface area (TPSA) is 98.8 Å². The van der Waals surface area contributed by atoms with Gasteiger partial charge in [0.2, 0.25) is 5.95 Å². The van der Waals surface area contributed by atoms with Crippen LogP contribution >= 0.6 is 0 Å². The maximum atomic E-state index is 9.54. The van der Waals surface area contributed by atoms with Crippen molar-refractivity contribution in [3.63, 3.8) is 0 Å². The van der Waals surface area contributed by atoms with E-state index in [2.05, 4.69) is 30.6 Å². The number of para-hydroxylation sites is 1. The molecule has 2 heterocycles. The van der Waals surface area contributed by atoms with Crippen LogP contribution in [0.1, 0.15) is 13.8 Å². The summed E-state index contributed by atoms with van der Waals surface area (Å²) >= 11 is 0. The first-order valence-corrected chi connectivity index (χ1v) is 7.58. The molecule has 3 aromatic rings. The highest BCUT2D eigenvalue weighted by Gasteiger charge is 2.16. The number of hydrogen-bond acceptors (Lipinski definition) is 6. The van der Waals surface area contributed by atoms with Crippen molar-refractivity contribution < 1.29 is 5.11 Å². The minimum Gasteiger partial charge on any atom is -0.394 e. The fourth-order valence-electron chi connectivity index (χ4n) is 2.24. The van der Waals surface area contributed by atoms with E-state index in [4.69, 9.17) is 0 Å². The van der Waals surface area contributed by atoms with E-state index in [1.165, 1.54) is 0 Å². The highest BCUT2D eigenvalue weighted by molar-refractivity contribution is 5.84. The Labute approximate surface area is 134 Å². The van der Waals surface area contributed by atoms with Gasteiger partial charge in [0.1, 0.15) is 5.52 Å². The molecule has 1 aromatic carbocycles. The average Bonchev–Trinajstić information content (AvgIpc) is 3.01. The summed E-state index contributed by atoms with van der Waals surface area (Å²) in [7, 11) is 0. The molecule has 2 aromatic heterocycles. The fraction of sp³-hybridized carbons (Fsp3) is 0.312. The van der Waals surface area contributed by atoms with Gasteiger partial charge in [-0.1, -0.05) is 32.0 Å². The molecule has 0 bridgehead atoms. The maximum absolute atomic E-state index is 9.54. The molecule has 0 spiro atoms. The second-order valence-corrected chi connectivity index (χ2v) is 5.67. The van der Waals surface area contributed by atoms with Crippen LogP contribution in [0.15, 0.2) is 36.7 Å². The summed E-state index contributed by atoms with van der Waals surface area (Å²) in [4.78, 5) is 16.2. The first kappa shape index (κ1) is 15.2. The SMILES string of the molecule is CC(C)[C@@H](CO)Nc1nc(Nc2ccccc2)nc2nc[nH]c12. The van der Waals surface area contributed by atoms with Crippen LogP contribution in [0.2, 0.25) is 0 Å². The van der Waals surface area contributed by atoms with Gasteiger partial charge < -0.3 is 20.7 Å². The van der Waals surface area contributed by atoms with Crippen LogP contribution in [0.25, 0.3) is 11.2 Å². The molecule has 7 nitrogen and oxygen atoms in total. The molecule has 3 rings (SSSR count). The molecule has 4 N–H and O–H groups in total. The Morgan fingerprint density at radius 2 is 1.96 bits per heavy atom. The second kappa shape index (κ2) is 6.62. The predicted molar refractivity (Wildman–Crippen MR) is 90.7 cm³/mol. The lowest BCUT2D eigenvalue weighted by molar-refractivity contribution is 0.249. The predicted octanol–water partition coefficient (Wildman–Crippen LogP) is 2.53. The summed E-state index contributed by atoms with van der Waals surface area (Å²) in [5.41, 5.74) is 2.19. The Balaban J connectivity index is 1.94. The van der Waals surface area contributed by atoms with Crippen LogP contribution in [0.4, 0.5) is 17.5 Å². The Hall–Kier alpha value is -2.67. The number of H-pyrrole nitrogens is 1. The van der Waals surface area contributed by atoms with Gasteiger partial charge in [0.25, 0.3) is 0 Å². The zero-order valence-corrected chi connectivity index (χ0v) is 13.1. The van der Waals surface area contributed by atoms with Gasteiger partial charge in [-0.15, -0.1) is 0 Å². The Morgan fingerprint density at radius 1 is 1.17 bits per heavy atom. The van der Waals surface area contributed by atoms with Crippen molar-refractivity contribution in [3.05, 3.63) is 36.7 Å². The van der Waals surface area contributed by atoms with Crippen LogP contribution in [-0.2, 0) is 0 Å². The molecule has 7 heteroatoms. The van der Waals surface area contributed by atoms with Gasteiger partial charge in [-0.3, -0.25) is 0 Å². The van der Waals surface area contributed by atoms with E-state index in [1.807, 2.05) is 44.2 Å². The lowest BCUT2D eigenvalue weighted by Gasteiger charge is -2.21. The van der Waals surface area contributed by atoms with Crippen molar-refractivity contribution in [1.82, 2.24) is 19.9 Å². The van der Waals surface area contributed by atoms with E-state index in [9.17, 15) is 5.11 Å². The molecule has 0 aliphatic carbocycles. The number of imidazole rings is 1. The first-order chi connectivity index (χ1) is 11.2. The van der Waals surface area contributed by atoms with Crippen molar-refractivity contribution in [1.29, 1.82) is 0 Å². The molecule has 1 atom stereocenters. The second-order valence-electron chi connectivity index (χ2n) is 5.67. The third-order valence-electron chi connectivity index (χ3n) is 3.64. The van der Waals surface area contributed by atoms with Gasteiger partial charge in [0, 0.05) is 5.69 Å². The highest BCUT2D eigenvalue weighted by atomic mass is 16.3. The standard InChI is InChI=1S/C16H20N6O/c1-10(2)12(8-23)20-15-13-14(18-9-17-13)21-16(22-15)19-11-6-4-3-5-7-11/h3-7,9-10,12,23H,8H2,1-2H3,(H3,17,18,19,20,21,22)/t12-/m1/s1. The molecular weight excluding hydrogens is 292 g/mol. The van der Waals surface area contributed by atoms with Gasteiger partial charge in [-0.25, -0.2) is 4.98 Å². The molecular formula is C16H20N6O. The minimum atomic E-state index is -0.0963. The van der Waals surface area contributed by atoms with E-state index in [0.29, 0.717) is 17.4 Å². The highest BCUT2D eigenvalue weighted by Crippen LogP contribution is 2.22. The number of aromatic amines is 1. The lowest BCUT2D eigenvalue weighted by atomic mass is 10.1. The maximum Gasteiger partial charge on any atom is 0.231 e. The zero-order valence-electron chi connectivity index (χ0n) is 13.1. The van der Waals surface area contributed by atoms with Crippen LogP contribution in [-0.4, -0.2) is 37.7 Å². The number of anilines is 3. The molecule has 0 unspecified atom stereocenters. The van der Waals surface area contributed by atoms with Crippen molar-refractivity contribution in [3.8, 4) is 0 Å². The molecule has 120 valence electrons. The molecule has 0 fully saturated rings. The summed E-state index contributed by atoms with van der Waals surface area (Å²) in [6.07, 6.45) is 1.58. The summed E-state index contributed by atoms with van der Waals surface area (Å²) in [6, 6.07) is 9.61. The Morgan fingerprint density at radius 3 is 2.65 bits per heavy atom. The van der Waals surface area contributed by atoms with E-state index < -0.39 is 0 Å². The van der Waals surface area contributed by atoms with Crippen molar-refractivity contribution in [2.45, 2.75) is 19.9 Å². The first-order valence-electron chi connectivity index (χ1n) is 7.58. The van der Waals surface area contributed by atoms with Gasteiger partial charge in [-0.05, 0) is 18.1 Å². The largest absolute Gasteiger partial charge is 0.394 e. The number of hydrogen-bond donors (Lipinski definition) is 4. The third kappa shape index (κ3) is 3.40. The fourth-order valence-corrected chi connectivity index (χ4v) is 2.24. The normalized spacial score (nSPS) is 12.5. The molecule has 0 saturated heterocycles. The number of aromatic nitrogens is 4. The molecule has 0 aliphatic rings. The lowest BCUT2D eigenvalue weighted by Crippen LogP contribution is -2.30. The zero-order chi connectivity index (χ0) is 16.2. The molecule has 0 aliphatic heterocycles. The van der Waals surface area contributed by atoms with E-state index >= 15 is 0 Å². The van der Waals surface area contributed by atoms with Gasteiger partial charge in [0.05, 0.1) is 19.0 Å². The van der Waals surface area contributed by atoms with Crippen LogP contribution in [0, 0.1) is 5.92 Å². The van der Waals surface area contributed by atoms with Gasteiger partial charge >= 0.3 is 0 Å². The van der Waals surface area contributed by atoms with Crippen LogP contribution in [0.5, 0.6) is 0 Å². The summed E-state index contributed by atoms with van der Waals surface area (Å²) in [5.74, 6) is 1.34. The smallest absolute Gasteiger partial charge is 0.231 e. The molecule has 23 heavy (non-hydrogen) atoms. The number of nitrogens with zero attached hydrogens (tertiary/aromatic N) is 3. The average molecular weight is 312 g/mol. The molecule has 0 amide bonds. The third-order valence-corrected chi connectivity index (χ3v) is 3.64. The molecule has 0 saturated carbocycles. The number of nitrogens with one attached hydrogen (secondary N) is 3. The minimum absolute atomic E-state index is 0.0265. The summed E-state index contributed by atoms with van der Waals surface area (Å²) in [6.45, 7) is 4.11. The van der Waals surface area contributed by atoms with Crippen molar-refractivity contribution >= 4 is 28.6 Å². The Bertz CT molecular complexity index is 771. The summed E-state index contributed by atoms with van der Waals surface area (Å²) in [5, 5.41) is 16.0. The Kier molecular flexibility index (Phi) is 4.38. The van der Waals surface area contributed by atoms with Gasteiger partial charge in [0.15, 0.2) is 11.5 Å². The number of aliphatic hydroxyl groups is 1. The monoisotopic (exact) mass is 312 g/mol. The molecule has 0 radical (unpaired) electrons. The number of fused-ring (bicyclic) bond motifs is 1. The number of aliphatic hydroxyl groups excluding tert-OH is 1. The summed E-state index contributed by atoms with van der Waals surface area (Å²) < 4.78 is 0. The van der Waals surface area contributed by atoms with E-state index in [0.717, 1.165) is 11.2 Å². The van der Waals surface area contributed by atoms with Crippen LogP contribution in [0.3, 0.4) is 0 Å². The van der Waals surface area contributed by atoms with E-state index in [-0.39, 0.29) is 18.6 Å². The van der Waals surface area contributed by atoms with Crippen molar-refractivity contribution in [2.24, 2.45) is 5.92 Å². The van der Waals surface area contributed by atoms with Crippen molar-refractivity contribution in [2.75, 3.05) is 17.2 Å². The number of benzene rings is 1. The van der Waals surface area contributed by atoms with E-state index in [1.54, 1.807) is 6.33 Å². The number of rotatable bonds is 6. The van der Waals surface area contributed by atoms with Crippen LogP contribution < -0.4 is 10.6 Å². The quantitative estimate of drug-likeness (QED) is 0.558. The van der Waals surface area contributed by atoms with Gasteiger partial charge in [-0.2, -0.15) is 9.97 Å².